The molecule has 3 N–H and O–H groups in total. The first-order valence-corrected chi connectivity index (χ1v) is 9.69. The van der Waals surface area contributed by atoms with Gasteiger partial charge in [0.25, 0.3) is 5.91 Å². The lowest BCUT2D eigenvalue weighted by Crippen LogP contribution is -2.19. The third-order valence-electron chi connectivity index (χ3n) is 3.60. The zero-order valence-electron chi connectivity index (χ0n) is 14.4. The number of amides is 1. The zero-order valence-corrected chi connectivity index (χ0v) is 16.8. The van der Waals surface area contributed by atoms with E-state index in [1.807, 2.05) is 0 Å². The van der Waals surface area contributed by atoms with Gasteiger partial charge in [-0.1, -0.05) is 11.6 Å². The Labute approximate surface area is 177 Å². The lowest BCUT2D eigenvalue weighted by Gasteiger charge is -2.14. The maximum absolute atomic E-state index is 12.9. The van der Waals surface area contributed by atoms with Crippen molar-refractivity contribution < 1.29 is 18.0 Å². The highest BCUT2D eigenvalue weighted by Gasteiger charge is 2.33. The van der Waals surface area contributed by atoms with E-state index < -0.39 is 16.8 Å². The van der Waals surface area contributed by atoms with Crippen molar-refractivity contribution in [3.05, 3.63) is 69.6 Å². The Balaban J connectivity index is 1.60. The lowest BCUT2D eigenvalue weighted by atomic mass is 10.2. The molecule has 0 aliphatic heterocycles. The van der Waals surface area contributed by atoms with Crippen molar-refractivity contribution in [1.29, 1.82) is 0 Å². The first-order chi connectivity index (χ1) is 13.7. The van der Waals surface area contributed by atoms with Gasteiger partial charge in [0.05, 0.1) is 16.1 Å². The molecule has 29 heavy (non-hydrogen) atoms. The van der Waals surface area contributed by atoms with Gasteiger partial charge in [-0.3, -0.25) is 4.79 Å². The topological polar surface area (TPSA) is 66.1 Å². The van der Waals surface area contributed by atoms with Crippen LogP contribution in [0.3, 0.4) is 0 Å². The van der Waals surface area contributed by atoms with Crippen LogP contribution in [0.4, 0.5) is 30.2 Å². The summed E-state index contributed by atoms with van der Waals surface area (Å²) >= 11 is 12.1. The minimum atomic E-state index is -4.57. The second-order valence-corrected chi connectivity index (χ2v) is 7.21. The van der Waals surface area contributed by atoms with Gasteiger partial charge in [0.2, 0.25) is 0 Å². The monoisotopic (exact) mass is 456 g/mol. The molecule has 0 fully saturated rings. The van der Waals surface area contributed by atoms with Gasteiger partial charge >= 0.3 is 6.18 Å². The van der Waals surface area contributed by atoms with E-state index in [9.17, 15) is 18.0 Å². The summed E-state index contributed by atoms with van der Waals surface area (Å²) in [5.74, 6) is -0.327. The molecule has 1 aromatic heterocycles. The summed E-state index contributed by atoms with van der Waals surface area (Å²) in [6.45, 7) is 0. The Kier molecular flexibility index (Phi) is 6.36. The molecule has 0 aliphatic carbocycles. The van der Waals surface area contributed by atoms with Crippen LogP contribution in [0.1, 0.15) is 16.1 Å². The normalized spacial score (nSPS) is 11.0. The van der Waals surface area contributed by atoms with Crippen molar-refractivity contribution in [3.8, 4) is 0 Å². The molecule has 0 atom stereocenters. The second kappa shape index (κ2) is 8.76. The Hall–Kier alpha value is -2.69. The molecular weight excluding hydrogens is 445 g/mol. The smallest absolute Gasteiger partial charge is 0.332 e. The minimum Gasteiger partial charge on any atom is -0.332 e. The van der Waals surface area contributed by atoms with Crippen molar-refractivity contribution in [2.75, 3.05) is 16.0 Å². The quantitative estimate of drug-likeness (QED) is 0.428. The number of thiazole rings is 1. The molecule has 2 aromatic carbocycles. The van der Waals surface area contributed by atoms with E-state index in [4.69, 9.17) is 23.8 Å². The fraction of sp³-hybridized carbons (Fsp3) is 0.0556. The van der Waals surface area contributed by atoms with E-state index in [2.05, 4.69) is 20.9 Å². The molecule has 0 saturated heterocycles. The largest absolute Gasteiger partial charge is 0.417 e. The summed E-state index contributed by atoms with van der Waals surface area (Å²) in [5, 5.41) is 9.58. The molecule has 3 aromatic rings. The lowest BCUT2D eigenvalue weighted by molar-refractivity contribution is -0.137. The standard InChI is InChI=1S/C18H12ClF3N4OS2/c19-14-6-5-12(7-13(14)18(20,21)22)26-17(28)25-11-3-1-10(2-4-11)24-16(27)15-8-29-9-23-15/h1-9H,(H,24,27)(H2,25,26,28). The fourth-order valence-electron chi connectivity index (χ4n) is 2.27. The van der Waals surface area contributed by atoms with Gasteiger partial charge < -0.3 is 16.0 Å². The highest BCUT2D eigenvalue weighted by molar-refractivity contribution is 7.80. The maximum atomic E-state index is 12.9. The number of halogens is 4. The summed E-state index contributed by atoms with van der Waals surface area (Å²) in [4.78, 5) is 15.9. The number of carbonyl (C=O) groups is 1. The summed E-state index contributed by atoms with van der Waals surface area (Å²) in [5.41, 5.74) is 2.22. The number of rotatable bonds is 4. The van der Waals surface area contributed by atoms with Crippen LogP contribution in [-0.4, -0.2) is 16.0 Å². The molecule has 0 radical (unpaired) electrons. The summed E-state index contributed by atoms with van der Waals surface area (Å²) in [6.07, 6.45) is -4.57. The molecule has 11 heteroatoms. The van der Waals surface area contributed by atoms with Gasteiger partial charge in [-0.15, -0.1) is 11.3 Å². The molecule has 0 aliphatic rings. The Morgan fingerprint density at radius 2 is 1.59 bits per heavy atom. The molecule has 0 unspecified atom stereocenters. The average molecular weight is 457 g/mol. The van der Waals surface area contributed by atoms with Crippen LogP contribution < -0.4 is 16.0 Å². The summed E-state index contributed by atoms with van der Waals surface area (Å²) < 4.78 is 38.8. The van der Waals surface area contributed by atoms with Gasteiger partial charge in [0, 0.05) is 22.4 Å². The first kappa shape index (κ1) is 21.0. The van der Waals surface area contributed by atoms with Crippen LogP contribution in [0.2, 0.25) is 5.02 Å². The van der Waals surface area contributed by atoms with Crippen LogP contribution in [0, 0.1) is 0 Å². The molecule has 150 valence electrons. The minimum absolute atomic E-state index is 0.0969. The van der Waals surface area contributed by atoms with Crippen LogP contribution in [0.5, 0.6) is 0 Å². The number of nitrogens with one attached hydrogen (secondary N) is 3. The van der Waals surface area contributed by atoms with E-state index in [0.717, 1.165) is 12.1 Å². The number of nitrogens with zero attached hydrogens (tertiary/aromatic N) is 1. The number of hydrogen-bond acceptors (Lipinski definition) is 4. The predicted octanol–water partition coefficient (Wildman–Crippen LogP) is 5.88. The van der Waals surface area contributed by atoms with Crippen LogP contribution >= 0.6 is 35.2 Å². The Morgan fingerprint density at radius 3 is 2.17 bits per heavy atom. The van der Waals surface area contributed by atoms with E-state index in [-0.39, 0.29) is 16.7 Å². The molecule has 0 saturated carbocycles. The van der Waals surface area contributed by atoms with Crippen LogP contribution in [0.25, 0.3) is 0 Å². The third-order valence-corrected chi connectivity index (χ3v) is 4.72. The molecule has 0 spiro atoms. The Morgan fingerprint density at radius 1 is 1.00 bits per heavy atom. The van der Waals surface area contributed by atoms with Crippen LogP contribution in [-0.2, 0) is 6.18 Å². The molecule has 3 rings (SSSR count). The number of carbonyl (C=O) groups excluding carboxylic acids is 1. The van der Waals surface area contributed by atoms with Crippen molar-refractivity contribution in [2.45, 2.75) is 6.18 Å². The summed E-state index contributed by atoms with van der Waals surface area (Å²) in [6, 6.07) is 10.0. The molecule has 1 amide bonds. The van der Waals surface area contributed by atoms with Gasteiger partial charge in [-0.25, -0.2) is 4.98 Å². The highest BCUT2D eigenvalue weighted by atomic mass is 35.5. The number of aromatic nitrogens is 1. The van der Waals surface area contributed by atoms with E-state index >= 15 is 0 Å². The molecular formula is C18H12ClF3N4OS2. The van der Waals surface area contributed by atoms with Crippen LogP contribution in [0.15, 0.2) is 53.4 Å². The fourth-order valence-corrected chi connectivity index (χ4v) is 3.26. The zero-order chi connectivity index (χ0) is 21.0. The molecule has 5 nitrogen and oxygen atoms in total. The highest BCUT2D eigenvalue weighted by Crippen LogP contribution is 2.36. The molecule has 0 bridgehead atoms. The Bertz CT molecular complexity index is 1020. The SMILES string of the molecule is O=C(Nc1ccc(NC(=S)Nc2ccc(Cl)c(C(F)(F)F)c2)cc1)c1cscn1. The molecule has 1 heterocycles. The maximum Gasteiger partial charge on any atom is 0.417 e. The second-order valence-electron chi connectivity index (χ2n) is 5.68. The number of anilines is 3. The number of alkyl halides is 3. The van der Waals surface area contributed by atoms with E-state index in [1.165, 1.54) is 17.4 Å². The van der Waals surface area contributed by atoms with Gasteiger partial charge in [-0.05, 0) is 54.7 Å². The van der Waals surface area contributed by atoms with Crippen molar-refractivity contribution in [3.63, 3.8) is 0 Å². The number of thiocarbonyl (C=S) groups is 1. The van der Waals surface area contributed by atoms with E-state index in [0.29, 0.717) is 17.1 Å². The van der Waals surface area contributed by atoms with E-state index in [1.54, 1.807) is 35.2 Å². The van der Waals surface area contributed by atoms with Crippen molar-refractivity contribution in [1.82, 2.24) is 4.98 Å². The number of hydrogen-bond donors (Lipinski definition) is 3. The van der Waals surface area contributed by atoms with Crippen molar-refractivity contribution >= 4 is 63.2 Å². The summed E-state index contributed by atoms with van der Waals surface area (Å²) in [7, 11) is 0. The van der Waals surface area contributed by atoms with Gasteiger partial charge in [-0.2, -0.15) is 13.2 Å². The third kappa shape index (κ3) is 5.66. The number of benzene rings is 2. The predicted molar refractivity (Wildman–Crippen MR) is 113 cm³/mol. The first-order valence-electron chi connectivity index (χ1n) is 7.97. The van der Waals surface area contributed by atoms with Gasteiger partial charge in [0.15, 0.2) is 5.11 Å². The van der Waals surface area contributed by atoms with Crippen molar-refractivity contribution in [2.24, 2.45) is 0 Å². The van der Waals surface area contributed by atoms with Gasteiger partial charge in [0.1, 0.15) is 5.69 Å². The average Bonchev–Trinajstić information content (AvgIpc) is 3.19.